The molecule has 2 aliphatic rings. The summed E-state index contributed by atoms with van der Waals surface area (Å²) in [4.78, 5) is 25.8. The second kappa shape index (κ2) is 8.73. The maximum Gasteiger partial charge on any atom is 0.222 e. The highest BCUT2D eigenvalue weighted by Crippen LogP contribution is 2.38. The maximum absolute atomic E-state index is 12.3. The van der Waals surface area contributed by atoms with Crippen LogP contribution >= 0.6 is 12.4 Å². The minimum atomic E-state index is 0. The molecule has 1 aliphatic heterocycles. The number of hydrogen-bond acceptors (Lipinski definition) is 3. The lowest BCUT2D eigenvalue weighted by atomic mass is 9.71. The number of likely N-dealkylation sites (tertiary alicyclic amines) is 1. The lowest BCUT2D eigenvalue weighted by Gasteiger charge is -2.36. The quantitative estimate of drug-likeness (QED) is 0.807. The summed E-state index contributed by atoms with van der Waals surface area (Å²) in [7, 11) is 0. The summed E-state index contributed by atoms with van der Waals surface area (Å²) in [5.74, 6) is 0.288. The van der Waals surface area contributed by atoms with Crippen molar-refractivity contribution in [3.63, 3.8) is 0 Å². The van der Waals surface area contributed by atoms with Gasteiger partial charge in [-0.1, -0.05) is 26.2 Å². The molecular formula is C16H30ClN3O2. The Morgan fingerprint density at radius 1 is 1.27 bits per heavy atom. The summed E-state index contributed by atoms with van der Waals surface area (Å²) >= 11 is 0. The highest BCUT2D eigenvalue weighted by atomic mass is 35.5. The molecule has 3 N–H and O–H groups in total. The van der Waals surface area contributed by atoms with Gasteiger partial charge in [-0.2, -0.15) is 0 Å². The number of hydrogen-bond donors (Lipinski definition) is 2. The Labute approximate surface area is 139 Å². The van der Waals surface area contributed by atoms with Gasteiger partial charge in [0.1, 0.15) is 0 Å². The first kappa shape index (κ1) is 19.2. The van der Waals surface area contributed by atoms with Crippen LogP contribution in [0.15, 0.2) is 0 Å². The zero-order valence-corrected chi connectivity index (χ0v) is 14.4. The highest BCUT2D eigenvalue weighted by Gasteiger charge is 2.34. The number of carbonyl (C=O) groups excluding carboxylic acids is 2. The van der Waals surface area contributed by atoms with E-state index in [0.29, 0.717) is 25.9 Å². The largest absolute Gasteiger partial charge is 0.352 e. The predicted octanol–water partition coefficient (Wildman–Crippen LogP) is 1.83. The van der Waals surface area contributed by atoms with Gasteiger partial charge in [-0.15, -0.1) is 12.4 Å². The molecular weight excluding hydrogens is 302 g/mol. The smallest absolute Gasteiger partial charge is 0.222 e. The Bertz CT molecular complexity index is 384. The van der Waals surface area contributed by atoms with Crippen molar-refractivity contribution in [2.75, 3.05) is 19.6 Å². The van der Waals surface area contributed by atoms with Crippen LogP contribution in [0.25, 0.3) is 0 Å². The number of nitrogens with one attached hydrogen (secondary N) is 1. The van der Waals surface area contributed by atoms with Crippen LogP contribution in [0.2, 0.25) is 0 Å². The van der Waals surface area contributed by atoms with Crippen molar-refractivity contribution in [3.8, 4) is 0 Å². The number of nitrogens with two attached hydrogens (primary N) is 1. The minimum absolute atomic E-state index is 0. The fraction of sp³-hybridized carbons (Fsp3) is 0.875. The summed E-state index contributed by atoms with van der Waals surface area (Å²) in [5.41, 5.74) is 5.96. The van der Waals surface area contributed by atoms with Crippen LogP contribution < -0.4 is 11.1 Å². The van der Waals surface area contributed by atoms with Gasteiger partial charge in [-0.25, -0.2) is 0 Å². The monoisotopic (exact) mass is 331 g/mol. The van der Waals surface area contributed by atoms with Gasteiger partial charge >= 0.3 is 0 Å². The Morgan fingerprint density at radius 3 is 2.55 bits per heavy atom. The minimum Gasteiger partial charge on any atom is -0.352 e. The summed E-state index contributed by atoms with van der Waals surface area (Å²) < 4.78 is 0. The first-order valence-corrected chi connectivity index (χ1v) is 8.36. The van der Waals surface area contributed by atoms with Crippen LogP contribution in [0.5, 0.6) is 0 Å². The van der Waals surface area contributed by atoms with Crippen LogP contribution in [0, 0.1) is 5.41 Å². The Balaban J connectivity index is 0.00000242. The van der Waals surface area contributed by atoms with E-state index in [1.165, 1.54) is 19.3 Å². The molecule has 2 amide bonds. The summed E-state index contributed by atoms with van der Waals surface area (Å²) in [6.07, 6.45) is 7.73. The van der Waals surface area contributed by atoms with Crippen LogP contribution in [0.1, 0.15) is 58.3 Å². The van der Waals surface area contributed by atoms with E-state index in [0.717, 1.165) is 25.8 Å². The van der Waals surface area contributed by atoms with E-state index in [-0.39, 0.29) is 35.7 Å². The van der Waals surface area contributed by atoms with E-state index in [1.54, 1.807) is 0 Å². The van der Waals surface area contributed by atoms with Gasteiger partial charge in [0.2, 0.25) is 11.8 Å². The van der Waals surface area contributed by atoms with Crippen molar-refractivity contribution >= 4 is 24.2 Å². The first-order valence-electron chi connectivity index (χ1n) is 8.36. The fourth-order valence-corrected chi connectivity index (χ4v) is 3.70. The molecule has 5 nitrogen and oxygen atoms in total. The standard InChI is InChI=1S/C16H29N3O2.ClH/c1-2-15(21)19-9-6-13(11-19)18-14(20)10-16(12-17)7-4-3-5-8-16;/h13H,2-12,17H2,1H3,(H,18,20);1H. The second-order valence-electron chi connectivity index (χ2n) is 6.69. The van der Waals surface area contributed by atoms with Crippen LogP contribution in [-0.4, -0.2) is 42.4 Å². The molecule has 128 valence electrons. The number of nitrogens with zero attached hydrogens (tertiary/aromatic N) is 1. The molecule has 1 heterocycles. The SMILES string of the molecule is CCC(=O)N1CCC(NC(=O)CC2(CN)CCCCC2)C1.Cl. The molecule has 0 radical (unpaired) electrons. The molecule has 0 spiro atoms. The van der Waals surface area contributed by atoms with Crippen LogP contribution in [-0.2, 0) is 9.59 Å². The van der Waals surface area contributed by atoms with E-state index in [1.807, 2.05) is 11.8 Å². The van der Waals surface area contributed by atoms with Gasteiger partial charge < -0.3 is 16.0 Å². The molecule has 2 fully saturated rings. The molecule has 0 aromatic heterocycles. The van der Waals surface area contributed by atoms with Crippen LogP contribution in [0.4, 0.5) is 0 Å². The van der Waals surface area contributed by atoms with Gasteiger partial charge in [0.05, 0.1) is 0 Å². The Kier molecular flexibility index (Phi) is 7.63. The summed E-state index contributed by atoms with van der Waals surface area (Å²) in [6.45, 7) is 3.90. The lowest BCUT2D eigenvalue weighted by Crippen LogP contribution is -2.43. The maximum atomic E-state index is 12.3. The van der Waals surface area contributed by atoms with E-state index < -0.39 is 0 Å². The van der Waals surface area contributed by atoms with Gasteiger partial charge in [-0.05, 0) is 31.2 Å². The Hall–Kier alpha value is -0.810. The molecule has 0 aromatic rings. The van der Waals surface area contributed by atoms with Gasteiger partial charge in [0.25, 0.3) is 0 Å². The highest BCUT2D eigenvalue weighted by molar-refractivity contribution is 5.85. The number of halogens is 1. The van der Waals surface area contributed by atoms with E-state index in [4.69, 9.17) is 5.73 Å². The topological polar surface area (TPSA) is 75.4 Å². The second-order valence-corrected chi connectivity index (χ2v) is 6.69. The van der Waals surface area contributed by atoms with E-state index >= 15 is 0 Å². The molecule has 1 atom stereocenters. The van der Waals surface area contributed by atoms with Gasteiger partial charge in [-0.3, -0.25) is 9.59 Å². The fourth-order valence-electron chi connectivity index (χ4n) is 3.70. The molecule has 2 rings (SSSR count). The van der Waals surface area contributed by atoms with Crippen molar-refractivity contribution in [2.45, 2.75) is 64.3 Å². The average Bonchev–Trinajstić information content (AvgIpc) is 2.95. The zero-order chi connectivity index (χ0) is 15.3. The molecule has 22 heavy (non-hydrogen) atoms. The summed E-state index contributed by atoms with van der Waals surface area (Å²) in [6, 6.07) is 0.117. The molecule has 0 aromatic carbocycles. The van der Waals surface area contributed by atoms with Crippen molar-refractivity contribution in [1.82, 2.24) is 10.2 Å². The van der Waals surface area contributed by atoms with Crippen LogP contribution in [0.3, 0.4) is 0 Å². The number of carbonyl (C=O) groups is 2. The first-order chi connectivity index (χ1) is 10.1. The molecule has 1 aliphatic carbocycles. The van der Waals surface area contributed by atoms with E-state index in [2.05, 4.69) is 5.32 Å². The third-order valence-electron chi connectivity index (χ3n) is 5.09. The summed E-state index contributed by atoms with van der Waals surface area (Å²) in [5, 5.41) is 3.11. The Morgan fingerprint density at radius 2 is 1.95 bits per heavy atom. The molecule has 1 saturated carbocycles. The third-order valence-corrected chi connectivity index (χ3v) is 5.09. The zero-order valence-electron chi connectivity index (χ0n) is 13.6. The molecule has 1 unspecified atom stereocenters. The number of amides is 2. The van der Waals surface area contributed by atoms with Crippen molar-refractivity contribution < 1.29 is 9.59 Å². The van der Waals surface area contributed by atoms with E-state index in [9.17, 15) is 9.59 Å². The molecule has 0 bridgehead atoms. The van der Waals surface area contributed by atoms with Crippen molar-refractivity contribution in [3.05, 3.63) is 0 Å². The number of rotatable bonds is 5. The molecule has 1 saturated heterocycles. The van der Waals surface area contributed by atoms with Gasteiger partial charge in [0, 0.05) is 32.0 Å². The third kappa shape index (κ3) is 4.85. The van der Waals surface area contributed by atoms with Crippen molar-refractivity contribution in [1.29, 1.82) is 0 Å². The average molecular weight is 332 g/mol. The lowest BCUT2D eigenvalue weighted by molar-refractivity contribution is -0.130. The van der Waals surface area contributed by atoms with Crippen molar-refractivity contribution in [2.24, 2.45) is 11.1 Å². The van der Waals surface area contributed by atoms with Gasteiger partial charge in [0.15, 0.2) is 0 Å². The molecule has 6 heteroatoms. The normalized spacial score (nSPS) is 23.7. The predicted molar refractivity (Wildman–Crippen MR) is 89.9 cm³/mol.